The largest absolute Gasteiger partial charge is 0.501 e. The summed E-state index contributed by atoms with van der Waals surface area (Å²) in [7, 11) is -3.38. The minimum absolute atomic E-state index is 0.109. The normalized spacial score (nSPS) is 11.2. The highest BCUT2D eigenvalue weighted by atomic mass is 32.2. The fraction of sp³-hybridized carbons (Fsp3) is 0.150. The molecule has 2 aromatic carbocycles. The van der Waals surface area contributed by atoms with Crippen molar-refractivity contribution in [3.8, 4) is 23.0 Å². The van der Waals surface area contributed by atoms with Crippen molar-refractivity contribution in [1.29, 1.82) is 0 Å². The van der Waals surface area contributed by atoms with E-state index in [9.17, 15) is 18.3 Å². The molecule has 0 fully saturated rings. The van der Waals surface area contributed by atoms with E-state index in [4.69, 9.17) is 6.57 Å². The van der Waals surface area contributed by atoms with Crippen molar-refractivity contribution in [2.75, 3.05) is 6.26 Å². The first-order valence-electron chi connectivity index (χ1n) is 8.25. The van der Waals surface area contributed by atoms with Crippen LogP contribution in [-0.2, 0) is 9.84 Å². The molecule has 0 unspecified atom stereocenters. The molecule has 0 aliphatic rings. The van der Waals surface area contributed by atoms with E-state index in [-0.39, 0.29) is 10.7 Å². The van der Waals surface area contributed by atoms with Gasteiger partial charge in [-0.15, -0.1) is 0 Å². The molecular weight excluding hydrogens is 378 g/mol. The highest BCUT2D eigenvalue weighted by Crippen LogP contribution is 2.28. The first kappa shape index (κ1) is 19.3. The first-order valence-corrected chi connectivity index (χ1v) is 10.1. The van der Waals surface area contributed by atoms with Crippen LogP contribution in [-0.4, -0.2) is 29.3 Å². The van der Waals surface area contributed by atoms with E-state index in [1.165, 1.54) is 28.8 Å². The van der Waals surface area contributed by atoms with Gasteiger partial charge in [0.05, 0.1) is 11.5 Å². The molecule has 3 rings (SSSR count). The van der Waals surface area contributed by atoms with Crippen LogP contribution >= 0.6 is 0 Å². The van der Waals surface area contributed by atoms with Gasteiger partial charge in [0.15, 0.2) is 9.84 Å². The van der Waals surface area contributed by atoms with Gasteiger partial charge in [-0.25, -0.2) is 18.2 Å². The average Bonchev–Trinajstić information content (AvgIpc) is 2.63. The summed E-state index contributed by atoms with van der Waals surface area (Å²) in [5, 5.41) is 10.1. The van der Waals surface area contributed by atoms with Crippen LogP contribution in [0.15, 0.2) is 52.2 Å². The van der Waals surface area contributed by atoms with Crippen molar-refractivity contribution in [3.05, 3.63) is 75.4 Å². The summed E-state index contributed by atoms with van der Waals surface area (Å²) in [5.74, 6) is -0.555. The maximum absolute atomic E-state index is 12.9. The third-order valence-electron chi connectivity index (χ3n) is 4.44. The minimum Gasteiger partial charge on any atom is -0.501 e. The van der Waals surface area contributed by atoms with Crippen LogP contribution < -0.4 is 5.56 Å². The molecule has 1 heterocycles. The standard InChI is InChI=1S/C20H17N3O4S/c1-12-5-8-15(11-13(12)2)23-18(22-19(24)17(21-3)20(23)25)14-6-9-16(10-7-14)28(4,26)27/h5-11,24H,1-2,4H3. The second kappa shape index (κ2) is 6.94. The van der Waals surface area contributed by atoms with Crippen LogP contribution in [0.2, 0.25) is 0 Å². The van der Waals surface area contributed by atoms with E-state index in [0.717, 1.165) is 17.4 Å². The summed E-state index contributed by atoms with van der Waals surface area (Å²) in [6.45, 7) is 11.0. The maximum Gasteiger partial charge on any atom is 0.310 e. The van der Waals surface area contributed by atoms with Crippen LogP contribution in [0.1, 0.15) is 11.1 Å². The van der Waals surface area contributed by atoms with Gasteiger partial charge in [0.1, 0.15) is 5.82 Å². The number of aromatic nitrogens is 2. The van der Waals surface area contributed by atoms with Gasteiger partial charge in [-0.3, -0.25) is 9.36 Å². The van der Waals surface area contributed by atoms with Crippen molar-refractivity contribution in [2.45, 2.75) is 18.7 Å². The predicted octanol–water partition coefficient (Wildman–Crippen LogP) is 3.18. The summed E-state index contributed by atoms with van der Waals surface area (Å²) in [4.78, 5) is 20.2. The molecule has 0 saturated carbocycles. The number of rotatable bonds is 3. The van der Waals surface area contributed by atoms with Crippen LogP contribution in [0.3, 0.4) is 0 Å². The molecule has 1 aromatic heterocycles. The Kier molecular flexibility index (Phi) is 4.79. The van der Waals surface area contributed by atoms with Crippen LogP contribution in [0.4, 0.5) is 5.69 Å². The van der Waals surface area contributed by atoms with E-state index in [2.05, 4.69) is 9.83 Å². The fourth-order valence-electron chi connectivity index (χ4n) is 2.75. The summed E-state index contributed by atoms with van der Waals surface area (Å²) in [6.07, 6.45) is 1.10. The summed E-state index contributed by atoms with van der Waals surface area (Å²) < 4.78 is 24.6. The molecule has 7 nitrogen and oxygen atoms in total. The number of aryl methyl sites for hydroxylation is 2. The van der Waals surface area contributed by atoms with Gasteiger partial charge in [0.25, 0.3) is 5.56 Å². The topological polar surface area (TPSA) is 93.6 Å². The van der Waals surface area contributed by atoms with Gasteiger partial charge in [-0.2, -0.15) is 0 Å². The second-order valence-corrected chi connectivity index (χ2v) is 8.44. The van der Waals surface area contributed by atoms with Crippen molar-refractivity contribution < 1.29 is 13.5 Å². The zero-order chi connectivity index (χ0) is 20.6. The van der Waals surface area contributed by atoms with Gasteiger partial charge in [0, 0.05) is 17.5 Å². The van der Waals surface area contributed by atoms with Crippen molar-refractivity contribution in [1.82, 2.24) is 9.55 Å². The van der Waals surface area contributed by atoms with Gasteiger partial charge in [-0.05, 0) is 61.4 Å². The fourth-order valence-corrected chi connectivity index (χ4v) is 3.38. The molecule has 0 amide bonds. The Hall–Kier alpha value is -3.44. The van der Waals surface area contributed by atoms with Gasteiger partial charge in [0.2, 0.25) is 5.88 Å². The lowest BCUT2D eigenvalue weighted by atomic mass is 10.1. The summed E-state index contributed by atoms with van der Waals surface area (Å²) >= 11 is 0. The number of sulfone groups is 1. The third kappa shape index (κ3) is 3.40. The molecule has 0 aliphatic carbocycles. The Morgan fingerprint density at radius 1 is 1.07 bits per heavy atom. The molecular formula is C20H17N3O4S. The number of benzene rings is 2. The summed E-state index contributed by atoms with van der Waals surface area (Å²) in [6, 6.07) is 11.2. The average molecular weight is 395 g/mol. The van der Waals surface area contributed by atoms with Gasteiger partial charge in [-0.1, -0.05) is 6.07 Å². The molecule has 142 valence electrons. The molecule has 28 heavy (non-hydrogen) atoms. The van der Waals surface area contributed by atoms with Crippen LogP contribution in [0.5, 0.6) is 5.88 Å². The second-order valence-electron chi connectivity index (χ2n) is 6.43. The molecule has 0 radical (unpaired) electrons. The zero-order valence-corrected chi connectivity index (χ0v) is 16.3. The molecule has 0 saturated heterocycles. The Morgan fingerprint density at radius 3 is 2.25 bits per heavy atom. The quantitative estimate of drug-likeness (QED) is 0.688. The lowest BCUT2D eigenvalue weighted by Gasteiger charge is -2.15. The highest BCUT2D eigenvalue weighted by molar-refractivity contribution is 7.90. The first-order chi connectivity index (χ1) is 13.1. The molecule has 0 atom stereocenters. The molecule has 8 heteroatoms. The molecule has 0 spiro atoms. The lowest BCUT2D eigenvalue weighted by molar-refractivity contribution is 0.454. The van der Waals surface area contributed by atoms with Crippen molar-refractivity contribution >= 4 is 15.5 Å². The smallest absolute Gasteiger partial charge is 0.310 e. The molecule has 0 bridgehead atoms. The molecule has 0 aliphatic heterocycles. The third-order valence-corrected chi connectivity index (χ3v) is 5.57. The van der Waals surface area contributed by atoms with Crippen LogP contribution in [0, 0.1) is 20.4 Å². The SMILES string of the molecule is [C-]#[N+]c1c(O)nc(-c2ccc(S(C)(=O)=O)cc2)n(-c2ccc(C)c(C)c2)c1=O. The zero-order valence-electron chi connectivity index (χ0n) is 15.5. The molecule has 3 aromatic rings. The highest BCUT2D eigenvalue weighted by Gasteiger charge is 2.19. The number of hydrogen-bond acceptors (Lipinski definition) is 5. The van der Waals surface area contributed by atoms with Crippen molar-refractivity contribution in [3.63, 3.8) is 0 Å². The summed E-state index contributed by atoms with van der Waals surface area (Å²) in [5.41, 5.74) is 1.72. The lowest BCUT2D eigenvalue weighted by Crippen LogP contribution is -2.21. The number of aromatic hydroxyl groups is 1. The predicted molar refractivity (Wildman–Crippen MR) is 106 cm³/mol. The van der Waals surface area contributed by atoms with E-state index < -0.39 is 27.0 Å². The Morgan fingerprint density at radius 2 is 1.71 bits per heavy atom. The Labute approximate surface area is 162 Å². The Balaban J connectivity index is 2.34. The number of hydrogen-bond donors (Lipinski definition) is 1. The van der Waals surface area contributed by atoms with Crippen molar-refractivity contribution in [2.24, 2.45) is 0 Å². The minimum atomic E-state index is -3.38. The monoisotopic (exact) mass is 395 g/mol. The maximum atomic E-state index is 12.9. The van der Waals surface area contributed by atoms with Gasteiger partial charge >= 0.3 is 5.69 Å². The molecule has 1 N–H and O–H groups in total. The van der Waals surface area contributed by atoms with E-state index in [0.29, 0.717) is 11.3 Å². The van der Waals surface area contributed by atoms with E-state index in [1.54, 1.807) is 12.1 Å². The Bertz CT molecular complexity index is 1280. The van der Waals surface area contributed by atoms with Gasteiger partial charge < -0.3 is 5.11 Å². The number of nitrogens with zero attached hydrogens (tertiary/aromatic N) is 3. The van der Waals surface area contributed by atoms with Crippen LogP contribution in [0.25, 0.3) is 21.9 Å². The van der Waals surface area contributed by atoms with E-state index in [1.807, 2.05) is 19.9 Å². The van der Waals surface area contributed by atoms with E-state index >= 15 is 0 Å².